The van der Waals surface area contributed by atoms with E-state index in [-0.39, 0.29) is 17.6 Å². The molecule has 6 heteroatoms. The Bertz CT molecular complexity index is 1090. The highest BCUT2D eigenvalue weighted by Gasteiger charge is 2.25. The fraction of sp³-hybridized carbons (Fsp3) is 0.261. The molecule has 0 atom stereocenters. The topological polar surface area (TPSA) is 53.5 Å². The normalized spacial score (nSPS) is 14.3. The number of halogens is 1. The number of carbonyl (C=O) groups excluding carboxylic acids is 2. The first-order chi connectivity index (χ1) is 13.9. The number of aromatic nitrogens is 1. The van der Waals surface area contributed by atoms with Gasteiger partial charge in [0.1, 0.15) is 5.82 Å². The Morgan fingerprint density at radius 2 is 1.59 bits per heavy atom. The van der Waals surface area contributed by atoms with E-state index >= 15 is 0 Å². The van der Waals surface area contributed by atoms with Crippen LogP contribution in [0.4, 0.5) is 4.39 Å². The van der Waals surface area contributed by atoms with Crippen LogP contribution in [0.15, 0.2) is 48.5 Å². The number of benzene rings is 2. The van der Waals surface area contributed by atoms with Crippen molar-refractivity contribution >= 4 is 22.7 Å². The average molecular weight is 391 g/mol. The lowest BCUT2D eigenvalue weighted by molar-refractivity contribution is -0.130. The molecule has 1 aliphatic rings. The zero-order chi connectivity index (χ0) is 20.5. The van der Waals surface area contributed by atoms with Crippen molar-refractivity contribution in [1.82, 2.24) is 14.8 Å². The molecule has 1 aliphatic heterocycles. The van der Waals surface area contributed by atoms with Crippen LogP contribution >= 0.6 is 0 Å². The zero-order valence-corrected chi connectivity index (χ0v) is 16.5. The molecule has 0 aliphatic carbocycles. The summed E-state index contributed by atoms with van der Waals surface area (Å²) in [7, 11) is 0. The van der Waals surface area contributed by atoms with Gasteiger partial charge in [-0.2, -0.15) is 0 Å². The number of hydrogen-bond donors (Lipinski definition) is 0. The van der Waals surface area contributed by atoms with Gasteiger partial charge in [-0.15, -0.1) is 0 Å². The number of pyridine rings is 1. The second-order valence-corrected chi connectivity index (χ2v) is 7.38. The van der Waals surface area contributed by atoms with Gasteiger partial charge in [0.05, 0.1) is 16.8 Å². The monoisotopic (exact) mass is 391 g/mol. The third-order valence-electron chi connectivity index (χ3n) is 5.35. The van der Waals surface area contributed by atoms with E-state index in [1.54, 1.807) is 34.9 Å². The molecule has 29 heavy (non-hydrogen) atoms. The van der Waals surface area contributed by atoms with E-state index < -0.39 is 0 Å². The average Bonchev–Trinajstić information content (AvgIpc) is 2.73. The van der Waals surface area contributed by atoms with Crippen LogP contribution in [0.5, 0.6) is 0 Å². The van der Waals surface area contributed by atoms with Crippen molar-refractivity contribution in [2.45, 2.75) is 13.8 Å². The van der Waals surface area contributed by atoms with E-state index in [4.69, 9.17) is 4.98 Å². The summed E-state index contributed by atoms with van der Waals surface area (Å²) in [5.74, 6) is -0.361. The lowest BCUT2D eigenvalue weighted by Crippen LogP contribution is -2.50. The van der Waals surface area contributed by atoms with Crippen molar-refractivity contribution in [2.75, 3.05) is 26.2 Å². The van der Waals surface area contributed by atoms with Gasteiger partial charge in [0.2, 0.25) is 5.91 Å². The highest BCUT2D eigenvalue weighted by Crippen LogP contribution is 2.27. The van der Waals surface area contributed by atoms with E-state index in [0.717, 1.165) is 22.0 Å². The quantitative estimate of drug-likeness (QED) is 0.670. The molecule has 1 aromatic heterocycles. The van der Waals surface area contributed by atoms with Crippen LogP contribution in [-0.4, -0.2) is 52.8 Å². The maximum atomic E-state index is 13.4. The van der Waals surface area contributed by atoms with Gasteiger partial charge in [0.15, 0.2) is 0 Å². The second-order valence-electron chi connectivity index (χ2n) is 7.38. The number of carbonyl (C=O) groups is 2. The maximum absolute atomic E-state index is 13.4. The SMILES string of the molecule is CC(=O)N1CCN(C(=O)c2cc(-c3ccc(F)cc3)nc3ccc(C)cc23)CC1. The summed E-state index contributed by atoms with van der Waals surface area (Å²) in [6, 6.07) is 13.7. The number of aryl methyl sites for hydroxylation is 1. The first kappa shape index (κ1) is 19.1. The summed E-state index contributed by atoms with van der Waals surface area (Å²) < 4.78 is 13.3. The van der Waals surface area contributed by atoms with Gasteiger partial charge in [-0.25, -0.2) is 9.37 Å². The maximum Gasteiger partial charge on any atom is 0.254 e. The zero-order valence-electron chi connectivity index (χ0n) is 16.5. The van der Waals surface area contributed by atoms with Crippen LogP contribution in [0.25, 0.3) is 22.2 Å². The third kappa shape index (κ3) is 3.83. The number of rotatable bonds is 2. The minimum Gasteiger partial charge on any atom is -0.339 e. The molecule has 2 amide bonds. The first-order valence-corrected chi connectivity index (χ1v) is 9.64. The van der Waals surface area contributed by atoms with E-state index in [9.17, 15) is 14.0 Å². The summed E-state index contributed by atoms with van der Waals surface area (Å²) in [6.45, 7) is 5.60. The minimum atomic E-state index is -0.315. The number of amides is 2. The van der Waals surface area contributed by atoms with Gasteiger partial charge in [0.25, 0.3) is 5.91 Å². The van der Waals surface area contributed by atoms with Crippen molar-refractivity contribution in [1.29, 1.82) is 0 Å². The molecule has 4 rings (SSSR count). The highest BCUT2D eigenvalue weighted by molar-refractivity contribution is 6.07. The van der Waals surface area contributed by atoms with Crippen LogP contribution in [0.3, 0.4) is 0 Å². The third-order valence-corrected chi connectivity index (χ3v) is 5.35. The van der Waals surface area contributed by atoms with Crippen molar-refractivity contribution in [3.05, 3.63) is 65.5 Å². The molecule has 5 nitrogen and oxygen atoms in total. The van der Waals surface area contributed by atoms with Gasteiger partial charge in [-0.3, -0.25) is 9.59 Å². The Kier molecular flexibility index (Phi) is 5.01. The van der Waals surface area contributed by atoms with Crippen LogP contribution in [0.2, 0.25) is 0 Å². The molecule has 2 heterocycles. The Hall–Kier alpha value is -3.28. The Morgan fingerprint density at radius 3 is 2.24 bits per heavy atom. The number of hydrogen-bond acceptors (Lipinski definition) is 3. The summed E-state index contributed by atoms with van der Waals surface area (Å²) in [6.07, 6.45) is 0. The number of piperazine rings is 1. The molecule has 0 spiro atoms. The lowest BCUT2D eigenvalue weighted by Gasteiger charge is -2.34. The first-order valence-electron chi connectivity index (χ1n) is 9.64. The molecule has 1 saturated heterocycles. The summed E-state index contributed by atoms with van der Waals surface area (Å²) in [4.78, 5) is 33.2. The number of nitrogens with zero attached hydrogens (tertiary/aromatic N) is 3. The van der Waals surface area contributed by atoms with Gasteiger partial charge >= 0.3 is 0 Å². The van der Waals surface area contributed by atoms with Crippen molar-refractivity contribution < 1.29 is 14.0 Å². The summed E-state index contributed by atoms with van der Waals surface area (Å²) in [5.41, 5.74) is 3.73. The van der Waals surface area contributed by atoms with Crippen LogP contribution in [0, 0.1) is 12.7 Å². The molecular formula is C23H22FN3O2. The Labute approximate surface area is 168 Å². The summed E-state index contributed by atoms with van der Waals surface area (Å²) >= 11 is 0. The van der Waals surface area contributed by atoms with Crippen molar-refractivity contribution in [3.8, 4) is 11.3 Å². The van der Waals surface area contributed by atoms with Crippen LogP contribution in [-0.2, 0) is 4.79 Å². The predicted molar refractivity (Wildman–Crippen MR) is 110 cm³/mol. The molecular weight excluding hydrogens is 369 g/mol. The molecule has 2 aromatic carbocycles. The molecule has 0 bridgehead atoms. The van der Waals surface area contributed by atoms with E-state index in [0.29, 0.717) is 37.4 Å². The Morgan fingerprint density at radius 1 is 0.931 bits per heavy atom. The van der Waals surface area contributed by atoms with Crippen LogP contribution in [0.1, 0.15) is 22.8 Å². The molecule has 0 unspecified atom stereocenters. The fourth-order valence-corrected chi connectivity index (χ4v) is 3.68. The van der Waals surface area contributed by atoms with E-state index in [1.807, 2.05) is 25.1 Å². The van der Waals surface area contributed by atoms with Gasteiger partial charge in [0, 0.05) is 44.1 Å². The second kappa shape index (κ2) is 7.62. The predicted octanol–water partition coefficient (Wildman–Crippen LogP) is 3.65. The Balaban J connectivity index is 1.75. The molecule has 3 aromatic rings. The van der Waals surface area contributed by atoms with E-state index in [2.05, 4.69) is 0 Å². The highest BCUT2D eigenvalue weighted by atomic mass is 19.1. The van der Waals surface area contributed by atoms with Crippen molar-refractivity contribution in [3.63, 3.8) is 0 Å². The standard InChI is InChI=1S/C23H22FN3O2/c1-15-3-8-21-19(13-15)20(14-22(25-21)17-4-6-18(24)7-5-17)23(29)27-11-9-26(10-12-27)16(2)28/h3-8,13-14H,9-12H2,1-2H3. The molecule has 0 saturated carbocycles. The lowest BCUT2D eigenvalue weighted by atomic mass is 10.0. The largest absolute Gasteiger partial charge is 0.339 e. The van der Waals surface area contributed by atoms with Gasteiger partial charge < -0.3 is 9.80 Å². The summed E-state index contributed by atoms with van der Waals surface area (Å²) in [5, 5.41) is 0.801. The molecule has 0 N–H and O–H groups in total. The molecule has 1 fully saturated rings. The smallest absolute Gasteiger partial charge is 0.254 e. The molecule has 148 valence electrons. The van der Waals surface area contributed by atoms with Crippen LogP contribution < -0.4 is 0 Å². The van der Waals surface area contributed by atoms with Crippen molar-refractivity contribution in [2.24, 2.45) is 0 Å². The fourth-order valence-electron chi connectivity index (χ4n) is 3.68. The minimum absolute atomic E-state index is 0.0284. The molecule has 0 radical (unpaired) electrons. The van der Waals surface area contributed by atoms with Gasteiger partial charge in [-0.1, -0.05) is 11.6 Å². The number of fused-ring (bicyclic) bond motifs is 1. The van der Waals surface area contributed by atoms with Gasteiger partial charge in [-0.05, 0) is 49.4 Å². The van der Waals surface area contributed by atoms with E-state index in [1.165, 1.54) is 12.1 Å².